The summed E-state index contributed by atoms with van der Waals surface area (Å²) < 4.78 is 27.2. The summed E-state index contributed by atoms with van der Waals surface area (Å²) in [6.07, 6.45) is 0. The zero-order valence-electron chi connectivity index (χ0n) is 15.2. The summed E-state index contributed by atoms with van der Waals surface area (Å²) in [6, 6.07) is 8.85. The number of carbonyl (C=O) groups is 2. The van der Waals surface area contributed by atoms with Crippen molar-refractivity contribution in [2.45, 2.75) is 11.8 Å². The van der Waals surface area contributed by atoms with Crippen molar-refractivity contribution in [2.24, 2.45) is 5.14 Å². The average Bonchev–Trinajstić information content (AvgIpc) is 2.66. The van der Waals surface area contributed by atoms with Gasteiger partial charge in [0.15, 0.2) is 6.61 Å². The molecule has 11 nitrogen and oxygen atoms in total. The van der Waals surface area contributed by atoms with Crippen LogP contribution in [0.25, 0.3) is 0 Å². The number of hydrogen-bond acceptors (Lipinski definition) is 8. The molecule has 0 unspecified atom stereocenters. The number of nitrogens with zero attached hydrogens (tertiary/aromatic N) is 1. The van der Waals surface area contributed by atoms with Gasteiger partial charge in [0, 0.05) is 18.3 Å². The Morgan fingerprint density at radius 1 is 1.17 bits per heavy atom. The first-order valence-electron chi connectivity index (χ1n) is 8.24. The molecule has 1 amide bonds. The summed E-state index contributed by atoms with van der Waals surface area (Å²) in [5.41, 5.74) is 0.156. The molecule has 0 fully saturated rings. The third kappa shape index (κ3) is 5.99. The highest BCUT2D eigenvalue weighted by molar-refractivity contribution is 7.89. The predicted octanol–water partition coefficient (Wildman–Crippen LogP) is 1.47. The Balaban J connectivity index is 1.99. The first-order valence-corrected chi connectivity index (χ1v) is 9.78. The fraction of sp³-hybridized carbons (Fsp3) is 0.176. The van der Waals surface area contributed by atoms with Crippen LogP contribution in [0.5, 0.6) is 0 Å². The smallest absolute Gasteiger partial charge is 0.338 e. The van der Waals surface area contributed by atoms with E-state index >= 15 is 0 Å². The molecule has 0 saturated heterocycles. The minimum atomic E-state index is -3.85. The van der Waals surface area contributed by atoms with Crippen LogP contribution in [-0.2, 0) is 19.6 Å². The van der Waals surface area contributed by atoms with Crippen LogP contribution < -0.4 is 15.8 Å². The van der Waals surface area contributed by atoms with E-state index in [0.29, 0.717) is 6.54 Å². The van der Waals surface area contributed by atoms with Crippen LogP contribution >= 0.6 is 0 Å². The Morgan fingerprint density at radius 3 is 2.38 bits per heavy atom. The van der Waals surface area contributed by atoms with Gasteiger partial charge in [0.05, 0.1) is 15.4 Å². The lowest BCUT2D eigenvalue weighted by Gasteiger charge is -2.08. The predicted molar refractivity (Wildman–Crippen MR) is 104 cm³/mol. The molecule has 154 valence electrons. The number of ether oxygens (including phenoxy) is 1. The van der Waals surface area contributed by atoms with E-state index in [1.54, 1.807) is 6.92 Å². The van der Waals surface area contributed by atoms with Gasteiger partial charge in [0.2, 0.25) is 10.0 Å². The molecule has 0 aliphatic heterocycles. The minimum absolute atomic E-state index is 0.0799. The third-order valence-corrected chi connectivity index (χ3v) is 4.53. The molecule has 0 heterocycles. The summed E-state index contributed by atoms with van der Waals surface area (Å²) >= 11 is 0. The lowest BCUT2D eigenvalue weighted by atomic mass is 10.1. The van der Waals surface area contributed by atoms with Crippen LogP contribution in [0.15, 0.2) is 47.4 Å². The van der Waals surface area contributed by atoms with Gasteiger partial charge < -0.3 is 15.4 Å². The topological polar surface area (TPSA) is 171 Å². The van der Waals surface area contributed by atoms with Crippen molar-refractivity contribution in [1.82, 2.24) is 0 Å². The quantitative estimate of drug-likeness (QED) is 0.326. The molecule has 4 N–H and O–H groups in total. The van der Waals surface area contributed by atoms with E-state index in [-0.39, 0.29) is 27.5 Å². The molecule has 0 radical (unpaired) electrons. The van der Waals surface area contributed by atoms with E-state index in [1.807, 2.05) is 0 Å². The molecule has 2 rings (SSSR count). The molecule has 0 aromatic heterocycles. The maximum absolute atomic E-state index is 12.1. The zero-order chi connectivity index (χ0) is 21.6. The first kappa shape index (κ1) is 21.8. The number of amides is 1. The maximum atomic E-state index is 12.1. The van der Waals surface area contributed by atoms with E-state index in [0.717, 1.165) is 6.07 Å². The van der Waals surface area contributed by atoms with Crippen molar-refractivity contribution in [1.29, 1.82) is 0 Å². The molecular weight excluding hydrogens is 404 g/mol. The maximum Gasteiger partial charge on any atom is 0.338 e. The zero-order valence-corrected chi connectivity index (χ0v) is 16.1. The summed E-state index contributed by atoms with van der Waals surface area (Å²) in [6.45, 7) is 1.59. The number of nitro benzene ring substituents is 1. The molecule has 0 spiro atoms. The van der Waals surface area contributed by atoms with Gasteiger partial charge in [0.25, 0.3) is 11.6 Å². The van der Waals surface area contributed by atoms with Crippen molar-refractivity contribution in [2.75, 3.05) is 23.8 Å². The number of nitrogens with one attached hydrogen (secondary N) is 2. The van der Waals surface area contributed by atoms with E-state index in [4.69, 9.17) is 9.88 Å². The fourth-order valence-corrected chi connectivity index (χ4v) is 2.80. The Kier molecular flexibility index (Phi) is 6.85. The summed E-state index contributed by atoms with van der Waals surface area (Å²) in [5, 5.41) is 21.3. The molecule has 0 aliphatic rings. The number of benzene rings is 2. The Hall–Kier alpha value is -3.51. The minimum Gasteiger partial charge on any atom is -0.452 e. The molecule has 29 heavy (non-hydrogen) atoms. The van der Waals surface area contributed by atoms with E-state index < -0.39 is 33.4 Å². The summed E-state index contributed by atoms with van der Waals surface area (Å²) in [7, 11) is -3.85. The van der Waals surface area contributed by atoms with Gasteiger partial charge in [0.1, 0.15) is 5.69 Å². The molecule has 0 atom stereocenters. The van der Waals surface area contributed by atoms with Crippen molar-refractivity contribution in [3.05, 3.63) is 58.1 Å². The standard InChI is InChI=1S/C17H18N4O7S/c1-2-19-14-8-3-11(9-15(14)21(24)25)17(23)28-10-16(22)20-12-4-6-13(7-5-12)29(18,26)27/h3-9,19H,2,10H2,1H3,(H,20,22)(H2,18,26,27). The van der Waals surface area contributed by atoms with Crippen molar-refractivity contribution >= 4 is 39.0 Å². The Bertz CT molecular complexity index is 1040. The number of hydrogen-bond donors (Lipinski definition) is 3. The van der Waals surface area contributed by atoms with Crippen LogP contribution in [-0.4, -0.2) is 38.4 Å². The normalized spacial score (nSPS) is 10.8. The second kappa shape index (κ2) is 9.12. The largest absolute Gasteiger partial charge is 0.452 e. The highest BCUT2D eigenvalue weighted by atomic mass is 32.2. The SMILES string of the molecule is CCNc1ccc(C(=O)OCC(=O)Nc2ccc(S(N)(=O)=O)cc2)cc1[N+](=O)[O-]. The lowest BCUT2D eigenvalue weighted by molar-refractivity contribution is -0.384. The first-order chi connectivity index (χ1) is 13.6. The molecule has 12 heteroatoms. The fourth-order valence-electron chi connectivity index (χ4n) is 2.29. The van der Waals surface area contributed by atoms with Crippen LogP contribution in [0.1, 0.15) is 17.3 Å². The van der Waals surface area contributed by atoms with Gasteiger partial charge >= 0.3 is 5.97 Å². The number of primary sulfonamides is 1. The van der Waals surface area contributed by atoms with Crippen molar-refractivity contribution < 1.29 is 27.7 Å². The monoisotopic (exact) mass is 422 g/mol. The molecular formula is C17H18N4O7S. The molecule has 0 saturated carbocycles. The summed E-state index contributed by atoms with van der Waals surface area (Å²) in [4.78, 5) is 34.3. The van der Waals surface area contributed by atoms with Gasteiger partial charge in [-0.05, 0) is 43.3 Å². The van der Waals surface area contributed by atoms with Crippen LogP contribution in [0.3, 0.4) is 0 Å². The second-order valence-corrected chi connectivity index (χ2v) is 7.27. The highest BCUT2D eigenvalue weighted by Gasteiger charge is 2.19. The molecule has 0 bridgehead atoms. The Labute approximate surface area is 166 Å². The van der Waals surface area contributed by atoms with Gasteiger partial charge in [-0.2, -0.15) is 0 Å². The second-order valence-electron chi connectivity index (χ2n) is 5.71. The van der Waals surface area contributed by atoms with Crippen molar-refractivity contribution in [3.63, 3.8) is 0 Å². The average molecular weight is 422 g/mol. The van der Waals surface area contributed by atoms with E-state index in [1.165, 1.54) is 36.4 Å². The van der Waals surface area contributed by atoms with Gasteiger partial charge in [-0.25, -0.2) is 18.4 Å². The lowest BCUT2D eigenvalue weighted by Crippen LogP contribution is -2.21. The van der Waals surface area contributed by atoms with Gasteiger partial charge in [-0.1, -0.05) is 0 Å². The van der Waals surface area contributed by atoms with Gasteiger partial charge in [-0.3, -0.25) is 14.9 Å². The number of nitro groups is 1. The van der Waals surface area contributed by atoms with E-state index in [2.05, 4.69) is 10.6 Å². The molecule has 0 aliphatic carbocycles. The van der Waals surface area contributed by atoms with Crippen LogP contribution in [0.4, 0.5) is 17.1 Å². The molecule has 2 aromatic carbocycles. The van der Waals surface area contributed by atoms with Crippen LogP contribution in [0.2, 0.25) is 0 Å². The number of anilines is 2. The summed E-state index contributed by atoms with van der Waals surface area (Å²) in [5.74, 6) is -1.59. The van der Waals surface area contributed by atoms with E-state index in [9.17, 15) is 28.1 Å². The van der Waals surface area contributed by atoms with Crippen molar-refractivity contribution in [3.8, 4) is 0 Å². The highest BCUT2D eigenvalue weighted by Crippen LogP contribution is 2.25. The number of nitrogens with two attached hydrogens (primary N) is 1. The molecule has 2 aromatic rings. The number of esters is 1. The number of carbonyl (C=O) groups excluding carboxylic acids is 2. The number of rotatable bonds is 8. The van der Waals surface area contributed by atoms with Gasteiger partial charge in [-0.15, -0.1) is 0 Å². The Morgan fingerprint density at radius 2 is 1.83 bits per heavy atom. The third-order valence-electron chi connectivity index (χ3n) is 3.60. The van der Waals surface area contributed by atoms with Crippen LogP contribution in [0, 0.1) is 10.1 Å². The number of sulfonamides is 1.